The molecule has 308 valence electrons. The Morgan fingerprint density at radius 3 is 2.02 bits per heavy atom. The molecule has 7 aromatic rings. The number of nitrogens with zero attached hydrogens (tertiary/aromatic N) is 10. The summed E-state index contributed by atoms with van der Waals surface area (Å²) in [6.45, 7) is 7.28. The molecule has 1 saturated carbocycles. The van der Waals surface area contributed by atoms with Crippen LogP contribution in [0, 0.1) is 11.8 Å². The Balaban J connectivity index is 0.913. The lowest BCUT2D eigenvalue weighted by molar-refractivity contribution is -0.121. The highest BCUT2D eigenvalue weighted by Gasteiger charge is 2.47. The third-order valence-corrected chi connectivity index (χ3v) is 11.8. The number of ether oxygens (including phenoxy) is 1. The molecular formula is C43H47N13O4. The first kappa shape index (κ1) is 39.9. The summed E-state index contributed by atoms with van der Waals surface area (Å²) in [6.07, 6.45) is 13.5. The van der Waals surface area contributed by atoms with Gasteiger partial charge in [-0.2, -0.15) is 15.1 Å². The molecule has 1 aliphatic rings. The number of nitrogen functional groups attached to an aromatic ring is 2. The standard InChI is InChI=1S/C43H47N13O4/c1-26(42(2,38-52-36(59-54-38)16-18-58-4)32-9-5-27(6-10-32)29-19-47-40(44)48-20-29)15-17-46-35(57)25-56-24-31(23-51-56)37-53-39(55-60-37)43(3,34-13-14-34)33-11-7-28(8-12-33)30-21-49-41(45)50-22-30/h5-12,19-24,26,34H,13-18,25H2,1-4H3,(H,46,57)(H2,44,47,48)(H2,45,49,50). The summed E-state index contributed by atoms with van der Waals surface area (Å²) in [6, 6.07) is 16.4. The number of aromatic nitrogens is 10. The normalized spacial score (nSPS) is 15.3. The van der Waals surface area contributed by atoms with E-state index in [0.29, 0.717) is 60.9 Å². The molecular weight excluding hydrogens is 763 g/mol. The van der Waals surface area contributed by atoms with Gasteiger partial charge in [0.15, 0.2) is 11.6 Å². The van der Waals surface area contributed by atoms with E-state index in [2.05, 4.69) is 85.7 Å². The first-order chi connectivity index (χ1) is 29.0. The van der Waals surface area contributed by atoms with Crippen molar-refractivity contribution >= 4 is 17.8 Å². The molecule has 3 atom stereocenters. The second-order valence-electron chi connectivity index (χ2n) is 15.6. The van der Waals surface area contributed by atoms with E-state index >= 15 is 0 Å². The average molecular weight is 810 g/mol. The molecule has 17 heteroatoms. The molecule has 0 bridgehead atoms. The summed E-state index contributed by atoms with van der Waals surface area (Å²) >= 11 is 0. The van der Waals surface area contributed by atoms with Gasteiger partial charge in [0.25, 0.3) is 5.89 Å². The van der Waals surface area contributed by atoms with E-state index < -0.39 is 10.8 Å². The summed E-state index contributed by atoms with van der Waals surface area (Å²) in [5.74, 6) is 2.64. The van der Waals surface area contributed by atoms with Gasteiger partial charge in [0.2, 0.25) is 23.7 Å². The van der Waals surface area contributed by atoms with Crippen molar-refractivity contribution in [3.8, 4) is 33.7 Å². The van der Waals surface area contributed by atoms with E-state index in [9.17, 15) is 4.79 Å². The van der Waals surface area contributed by atoms with E-state index in [1.807, 2.05) is 24.3 Å². The molecule has 0 aliphatic heterocycles. The Hall–Kier alpha value is -6.88. The minimum atomic E-state index is -0.651. The third-order valence-electron chi connectivity index (χ3n) is 11.8. The van der Waals surface area contributed by atoms with Crippen LogP contribution in [0.25, 0.3) is 33.7 Å². The summed E-state index contributed by atoms with van der Waals surface area (Å²) in [5, 5.41) is 16.4. The molecule has 3 unspecified atom stereocenters. The smallest absolute Gasteiger partial charge is 0.261 e. The second kappa shape index (κ2) is 16.8. The number of carbonyl (C=O) groups is 1. The van der Waals surface area contributed by atoms with E-state index in [0.717, 1.165) is 46.2 Å². The van der Waals surface area contributed by atoms with Crippen LogP contribution < -0.4 is 16.8 Å². The molecule has 1 aliphatic carbocycles. The number of methoxy groups -OCH3 is 1. The number of nitrogens with one attached hydrogen (secondary N) is 1. The van der Waals surface area contributed by atoms with Crippen molar-refractivity contribution in [3.05, 3.63) is 114 Å². The zero-order chi connectivity index (χ0) is 41.9. The zero-order valence-electron chi connectivity index (χ0n) is 33.9. The molecule has 0 saturated heterocycles. The lowest BCUT2D eigenvalue weighted by Crippen LogP contribution is -2.36. The van der Waals surface area contributed by atoms with Gasteiger partial charge in [0, 0.05) is 55.8 Å². The van der Waals surface area contributed by atoms with Crippen LogP contribution in [0.4, 0.5) is 11.9 Å². The number of anilines is 2. The third kappa shape index (κ3) is 8.20. The molecule has 60 heavy (non-hydrogen) atoms. The van der Waals surface area contributed by atoms with Gasteiger partial charge >= 0.3 is 0 Å². The largest absolute Gasteiger partial charge is 0.384 e. The van der Waals surface area contributed by atoms with Crippen molar-refractivity contribution in [1.82, 2.24) is 55.3 Å². The van der Waals surface area contributed by atoms with Crippen molar-refractivity contribution < 1.29 is 18.6 Å². The number of hydrogen-bond donors (Lipinski definition) is 3. The minimum Gasteiger partial charge on any atom is -0.384 e. The number of nitrogens with two attached hydrogens (primary N) is 2. The van der Waals surface area contributed by atoms with Crippen LogP contribution in [0.1, 0.15) is 68.7 Å². The van der Waals surface area contributed by atoms with Crippen LogP contribution in [0.5, 0.6) is 0 Å². The van der Waals surface area contributed by atoms with E-state index in [-0.39, 0.29) is 30.3 Å². The van der Waals surface area contributed by atoms with Crippen LogP contribution >= 0.6 is 0 Å². The second-order valence-corrected chi connectivity index (χ2v) is 15.6. The van der Waals surface area contributed by atoms with Gasteiger partial charge < -0.3 is 30.6 Å². The minimum absolute atomic E-state index is 0.0157. The number of amides is 1. The molecule has 5 heterocycles. The molecule has 1 fully saturated rings. The van der Waals surface area contributed by atoms with Gasteiger partial charge in [-0.15, -0.1) is 0 Å². The van der Waals surface area contributed by atoms with Crippen LogP contribution in [0.3, 0.4) is 0 Å². The molecule has 0 spiro atoms. The van der Waals surface area contributed by atoms with Crippen LogP contribution in [-0.2, 0) is 33.3 Å². The number of benzene rings is 2. The highest BCUT2D eigenvalue weighted by Crippen LogP contribution is 2.51. The average Bonchev–Trinajstić information content (AvgIpc) is 3.58. The highest BCUT2D eigenvalue weighted by atomic mass is 16.5. The van der Waals surface area contributed by atoms with Crippen molar-refractivity contribution in [2.45, 2.75) is 63.8 Å². The molecule has 17 nitrogen and oxygen atoms in total. The fourth-order valence-corrected chi connectivity index (χ4v) is 7.62. The van der Waals surface area contributed by atoms with Gasteiger partial charge in [-0.25, -0.2) is 19.9 Å². The fourth-order valence-electron chi connectivity index (χ4n) is 7.62. The van der Waals surface area contributed by atoms with Crippen molar-refractivity contribution in [2.24, 2.45) is 11.8 Å². The van der Waals surface area contributed by atoms with Gasteiger partial charge in [0.05, 0.1) is 35.6 Å². The SMILES string of the molecule is COCCc1nc(C(C)(c2ccc(-c3cnc(N)nc3)cc2)C(C)CCNC(=O)Cn2cc(-c3nc(C(C)(c4ccc(-c5cnc(N)nc5)cc4)C4CC4)no3)cn2)no1. The number of hydrogen-bond acceptors (Lipinski definition) is 15. The first-order valence-electron chi connectivity index (χ1n) is 19.9. The topological polar surface area (TPSA) is 238 Å². The lowest BCUT2D eigenvalue weighted by atomic mass is 9.70. The van der Waals surface area contributed by atoms with Gasteiger partial charge in [0.1, 0.15) is 6.54 Å². The maximum absolute atomic E-state index is 13.2. The first-order valence-corrected chi connectivity index (χ1v) is 19.9. The highest BCUT2D eigenvalue weighted by molar-refractivity contribution is 5.75. The van der Waals surface area contributed by atoms with Crippen molar-refractivity contribution in [2.75, 3.05) is 31.7 Å². The fraction of sp³-hybridized carbons (Fsp3) is 0.349. The molecule has 5 N–H and O–H groups in total. The van der Waals surface area contributed by atoms with Crippen molar-refractivity contribution in [1.29, 1.82) is 0 Å². The number of rotatable bonds is 17. The Morgan fingerprint density at radius 2 is 1.42 bits per heavy atom. The van der Waals surface area contributed by atoms with Gasteiger partial charge in [-0.3, -0.25) is 9.48 Å². The van der Waals surface area contributed by atoms with Gasteiger partial charge in [-0.1, -0.05) is 65.8 Å². The maximum Gasteiger partial charge on any atom is 0.261 e. The zero-order valence-corrected chi connectivity index (χ0v) is 33.9. The molecule has 0 radical (unpaired) electrons. The molecule has 5 aromatic heterocycles. The Bertz CT molecular complexity index is 2530. The van der Waals surface area contributed by atoms with Crippen LogP contribution in [0.2, 0.25) is 0 Å². The van der Waals surface area contributed by atoms with E-state index in [1.165, 1.54) is 0 Å². The lowest BCUT2D eigenvalue weighted by Gasteiger charge is -2.33. The molecule has 2 aromatic carbocycles. The predicted octanol–water partition coefficient (Wildman–Crippen LogP) is 5.45. The molecule has 8 rings (SSSR count). The monoisotopic (exact) mass is 809 g/mol. The Kier molecular flexibility index (Phi) is 11.2. The Morgan fingerprint density at radius 1 is 0.817 bits per heavy atom. The summed E-state index contributed by atoms with van der Waals surface area (Å²) in [7, 11) is 1.63. The number of carbonyl (C=O) groups excluding carboxylic acids is 1. The van der Waals surface area contributed by atoms with E-state index in [4.69, 9.17) is 35.2 Å². The molecule has 1 amide bonds. The summed E-state index contributed by atoms with van der Waals surface area (Å²) in [5.41, 5.74) is 16.6. The maximum atomic E-state index is 13.2. The van der Waals surface area contributed by atoms with Crippen molar-refractivity contribution in [3.63, 3.8) is 0 Å². The summed E-state index contributed by atoms with van der Waals surface area (Å²) in [4.78, 5) is 39.3. The quantitative estimate of drug-likeness (QED) is 0.104. The summed E-state index contributed by atoms with van der Waals surface area (Å²) < 4.78 is 18.2. The van der Waals surface area contributed by atoms with Crippen LogP contribution in [0.15, 0.2) is 94.8 Å². The van der Waals surface area contributed by atoms with Gasteiger partial charge in [-0.05, 0) is 67.2 Å². The Labute approximate surface area is 346 Å². The van der Waals surface area contributed by atoms with E-state index in [1.54, 1.807) is 49.0 Å². The van der Waals surface area contributed by atoms with Crippen LogP contribution in [-0.4, -0.2) is 76.2 Å². The predicted molar refractivity (Wildman–Crippen MR) is 222 cm³/mol.